The number of benzene rings is 1. The Balaban J connectivity index is 2.20. The highest BCUT2D eigenvalue weighted by atomic mass is 19.3. The third kappa shape index (κ3) is 8.18. The lowest BCUT2D eigenvalue weighted by Crippen LogP contribution is -2.26. The number of carboxylic acids is 1. The fourth-order valence-electron chi connectivity index (χ4n) is 1.84. The molecule has 2 N–H and O–H groups in total. The SMILES string of the molecule is O=C(O)CCCCCNC(=O)Cc1ccc(OC(F)F)cc1. The summed E-state index contributed by atoms with van der Waals surface area (Å²) < 4.78 is 28.2. The van der Waals surface area contributed by atoms with Crippen LogP contribution in [0.2, 0.25) is 0 Å². The zero-order valence-corrected chi connectivity index (χ0v) is 12.1. The maximum absolute atomic E-state index is 12.0. The molecule has 0 fully saturated rings. The molecule has 0 aliphatic rings. The summed E-state index contributed by atoms with van der Waals surface area (Å²) in [7, 11) is 0. The summed E-state index contributed by atoms with van der Waals surface area (Å²) >= 11 is 0. The molecule has 0 aliphatic heterocycles. The lowest BCUT2D eigenvalue weighted by molar-refractivity contribution is -0.137. The molecule has 1 aromatic carbocycles. The van der Waals surface area contributed by atoms with Gasteiger partial charge in [0.1, 0.15) is 5.75 Å². The Labute approximate surface area is 127 Å². The van der Waals surface area contributed by atoms with Gasteiger partial charge in [-0.1, -0.05) is 18.6 Å². The first-order valence-corrected chi connectivity index (χ1v) is 6.99. The molecule has 1 rings (SSSR count). The Bertz CT molecular complexity index is 477. The fourth-order valence-corrected chi connectivity index (χ4v) is 1.84. The smallest absolute Gasteiger partial charge is 0.387 e. The quantitative estimate of drug-likeness (QED) is 0.651. The average molecular weight is 315 g/mol. The molecule has 1 aromatic rings. The Morgan fingerprint density at radius 1 is 1.14 bits per heavy atom. The molecule has 5 nitrogen and oxygen atoms in total. The summed E-state index contributed by atoms with van der Waals surface area (Å²) in [6.45, 7) is -2.37. The molecule has 0 radical (unpaired) electrons. The zero-order valence-electron chi connectivity index (χ0n) is 12.1. The number of halogens is 2. The second kappa shape index (κ2) is 9.70. The molecular weight excluding hydrogens is 296 g/mol. The maximum Gasteiger partial charge on any atom is 0.387 e. The summed E-state index contributed by atoms with van der Waals surface area (Å²) in [6, 6.07) is 5.90. The molecule has 0 saturated carbocycles. The Morgan fingerprint density at radius 2 is 1.82 bits per heavy atom. The van der Waals surface area contributed by atoms with E-state index in [2.05, 4.69) is 10.1 Å². The fraction of sp³-hybridized carbons (Fsp3) is 0.467. The van der Waals surface area contributed by atoms with Crippen LogP contribution < -0.4 is 10.1 Å². The number of amides is 1. The van der Waals surface area contributed by atoms with Crippen molar-refractivity contribution in [2.45, 2.75) is 38.7 Å². The number of aliphatic carboxylic acids is 1. The molecule has 0 aromatic heterocycles. The Morgan fingerprint density at radius 3 is 2.41 bits per heavy atom. The van der Waals surface area contributed by atoms with Gasteiger partial charge in [0.15, 0.2) is 0 Å². The highest BCUT2D eigenvalue weighted by molar-refractivity contribution is 5.78. The largest absolute Gasteiger partial charge is 0.481 e. The van der Waals surface area contributed by atoms with E-state index in [-0.39, 0.29) is 24.5 Å². The van der Waals surface area contributed by atoms with Crippen LogP contribution in [0.1, 0.15) is 31.2 Å². The van der Waals surface area contributed by atoms with E-state index < -0.39 is 12.6 Å². The topological polar surface area (TPSA) is 75.6 Å². The second-order valence-corrected chi connectivity index (χ2v) is 4.75. The van der Waals surface area contributed by atoms with E-state index in [0.29, 0.717) is 18.5 Å². The predicted molar refractivity (Wildman–Crippen MR) is 75.9 cm³/mol. The van der Waals surface area contributed by atoms with Crippen molar-refractivity contribution in [2.75, 3.05) is 6.54 Å². The minimum Gasteiger partial charge on any atom is -0.481 e. The van der Waals surface area contributed by atoms with Gasteiger partial charge in [-0.25, -0.2) is 0 Å². The molecule has 7 heteroatoms. The predicted octanol–water partition coefficient (Wildman–Crippen LogP) is 2.59. The van der Waals surface area contributed by atoms with Crippen LogP contribution >= 0.6 is 0 Å². The molecule has 0 spiro atoms. The van der Waals surface area contributed by atoms with Crippen LogP contribution in [-0.2, 0) is 16.0 Å². The van der Waals surface area contributed by atoms with Gasteiger partial charge in [-0.3, -0.25) is 9.59 Å². The van der Waals surface area contributed by atoms with Crippen molar-refractivity contribution in [3.8, 4) is 5.75 Å². The third-order valence-corrected chi connectivity index (χ3v) is 2.90. The van der Waals surface area contributed by atoms with Crippen molar-refractivity contribution in [3.05, 3.63) is 29.8 Å². The highest BCUT2D eigenvalue weighted by Gasteiger charge is 2.06. The van der Waals surface area contributed by atoms with Gasteiger partial charge in [0.2, 0.25) is 5.91 Å². The third-order valence-electron chi connectivity index (χ3n) is 2.90. The van der Waals surface area contributed by atoms with Gasteiger partial charge in [-0.15, -0.1) is 0 Å². The minimum absolute atomic E-state index is 0.0533. The van der Waals surface area contributed by atoms with Gasteiger partial charge in [-0.2, -0.15) is 8.78 Å². The number of unbranched alkanes of at least 4 members (excludes halogenated alkanes) is 2. The van der Waals surface area contributed by atoms with E-state index in [0.717, 1.165) is 12.8 Å². The number of carbonyl (C=O) groups is 2. The van der Waals surface area contributed by atoms with E-state index >= 15 is 0 Å². The molecule has 1 amide bonds. The van der Waals surface area contributed by atoms with Crippen molar-refractivity contribution < 1.29 is 28.2 Å². The average Bonchev–Trinajstić information content (AvgIpc) is 2.44. The molecule has 122 valence electrons. The number of carboxylic acid groups (broad SMARTS) is 1. The Hall–Kier alpha value is -2.18. The first-order chi connectivity index (χ1) is 10.5. The lowest BCUT2D eigenvalue weighted by Gasteiger charge is -2.07. The molecule has 0 bridgehead atoms. The van der Waals surface area contributed by atoms with E-state index in [1.54, 1.807) is 12.1 Å². The molecule has 0 heterocycles. The lowest BCUT2D eigenvalue weighted by atomic mass is 10.1. The monoisotopic (exact) mass is 315 g/mol. The minimum atomic E-state index is -2.87. The molecule has 0 saturated heterocycles. The number of nitrogens with one attached hydrogen (secondary N) is 1. The van der Waals surface area contributed by atoms with Crippen LogP contribution in [0, 0.1) is 0 Å². The van der Waals surface area contributed by atoms with Crippen LogP contribution in [-0.4, -0.2) is 30.1 Å². The van der Waals surface area contributed by atoms with E-state index in [4.69, 9.17) is 5.11 Å². The number of alkyl halides is 2. The number of carbonyl (C=O) groups excluding carboxylic acids is 1. The number of hydrogen-bond donors (Lipinski definition) is 2. The van der Waals surface area contributed by atoms with E-state index in [1.807, 2.05) is 0 Å². The van der Waals surface area contributed by atoms with Crippen LogP contribution in [0.3, 0.4) is 0 Å². The van der Waals surface area contributed by atoms with Crippen molar-refractivity contribution in [1.82, 2.24) is 5.32 Å². The second-order valence-electron chi connectivity index (χ2n) is 4.75. The van der Waals surface area contributed by atoms with Gasteiger partial charge in [-0.05, 0) is 30.5 Å². The van der Waals surface area contributed by atoms with Crippen LogP contribution in [0.4, 0.5) is 8.78 Å². The highest BCUT2D eigenvalue weighted by Crippen LogP contribution is 2.15. The molecule has 0 aliphatic carbocycles. The zero-order chi connectivity index (χ0) is 16.4. The summed E-state index contributed by atoms with van der Waals surface area (Å²) in [6.07, 6.45) is 2.36. The Kier molecular flexibility index (Phi) is 7.88. The number of ether oxygens (including phenoxy) is 1. The van der Waals surface area contributed by atoms with Crippen LogP contribution in [0.15, 0.2) is 24.3 Å². The van der Waals surface area contributed by atoms with Crippen molar-refractivity contribution in [1.29, 1.82) is 0 Å². The van der Waals surface area contributed by atoms with Gasteiger partial charge < -0.3 is 15.2 Å². The molecular formula is C15H19F2NO4. The molecule has 22 heavy (non-hydrogen) atoms. The standard InChI is InChI=1S/C15H19F2NO4/c16-15(17)22-12-7-5-11(6-8-12)10-13(19)18-9-3-1-2-4-14(20)21/h5-8,15H,1-4,9-10H2,(H,18,19)(H,20,21). The van der Waals surface area contributed by atoms with Crippen molar-refractivity contribution in [3.63, 3.8) is 0 Å². The van der Waals surface area contributed by atoms with Crippen LogP contribution in [0.5, 0.6) is 5.75 Å². The van der Waals surface area contributed by atoms with E-state index in [9.17, 15) is 18.4 Å². The first kappa shape index (κ1) is 17.9. The van der Waals surface area contributed by atoms with Gasteiger partial charge in [0.25, 0.3) is 0 Å². The summed E-state index contributed by atoms with van der Waals surface area (Å²) in [5, 5.41) is 11.2. The molecule has 0 atom stereocenters. The van der Waals surface area contributed by atoms with Gasteiger partial charge >= 0.3 is 12.6 Å². The maximum atomic E-state index is 12.0. The first-order valence-electron chi connectivity index (χ1n) is 6.99. The van der Waals surface area contributed by atoms with Crippen LogP contribution in [0.25, 0.3) is 0 Å². The van der Waals surface area contributed by atoms with E-state index in [1.165, 1.54) is 12.1 Å². The van der Waals surface area contributed by atoms with Gasteiger partial charge in [0.05, 0.1) is 6.42 Å². The summed E-state index contributed by atoms with van der Waals surface area (Å²) in [4.78, 5) is 22.0. The van der Waals surface area contributed by atoms with Crippen molar-refractivity contribution >= 4 is 11.9 Å². The van der Waals surface area contributed by atoms with Gasteiger partial charge in [0, 0.05) is 13.0 Å². The summed E-state index contributed by atoms with van der Waals surface area (Å²) in [5.41, 5.74) is 0.699. The molecule has 0 unspecified atom stereocenters. The number of rotatable bonds is 10. The van der Waals surface area contributed by atoms with Crippen molar-refractivity contribution in [2.24, 2.45) is 0 Å². The summed E-state index contributed by atoms with van der Waals surface area (Å²) in [5.74, 6) is -0.929. The number of hydrogen-bond acceptors (Lipinski definition) is 3. The normalized spacial score (nSPS) is 10.5.